The molecular weight excluding hydrogens is 214 g/mol. The highest BCUT2D eigenvalue weighted by Gasteiger charge is 2.11. The molecule has 0 unspecified atom stereocenters. The van der Waals surface area contributed by atoms with Crippen molar-refractivity contribution in [3.63, 3.8) is 0 Å². The van der Waals surface area contributed by atoms with Gasteiger partial charge in [-0.15, -0.1) is 0 Å². The summed E-state index contributed by atoms with van der Waals surface area (Å²) in [6.45, 7) is 4.04. The zero-order valence-electron chi connectivity index (χ0n) is 9.90. The molecule has 0 aliphatic heterocycles. The SMILES string of the molecule is Cc1ccc(C)c(-n2cccc2C(=O)NN)c1. The summed E-state index contributed by atoms with van der Waals surface area (Å²) in [6, 6.07) is 9.69. The second-order valence-corrected chi connectivity index (χ2v) is 4.03. The molecule has 3 N–H and O–H groups in total. The summed E-state index contributed by atoms with van der Waals surface area (Å²) in [4.78, 5) is 11.6. The predicted octanol–water partition coefficient (Wildman–Crippen LogP) is 1.70. The van der Waals surface area contributed by atoms with Crippen molar-refractivity contribution < 1.29 is 4.79 Å². The molecule has 1 aromatic heterocycles. The zero-order chi connectivity index (χ0) is 12.4. The maximum absolute atomic E-state index is 11.6. The lowest BCUT2D eigenvalue weighted by Crippen LogP contribution is -2.31. The minimum Gasteiger partial charge on any atom is -0.312 e. The number of benzene rings is 1. The molecule has 1 amide bonds. The topological polar surface area (TPSA) is 60.0 Å². The maximum Gasteiger partial charge on any atom is 0.282 e. The molecule has 0 bridgehead atoms. The molecule has 1 aromatic carbocycles. The van der Waals surface area contributed by atoms with Crippen molar-refractivity contribution in [1.29, 1.82) is 0 Å². The first-order valence-electron chi connectivity index (χ1n) is 5.39. The number of hydrogen-bond acceptors (Lipinski definition) is 2. The van der Waals surface area contributed by atoms with Crippen LogP contribution in [0.4, 0.5) is 0 Å². The summed E-state index contributed by atoms with van der Waals surface area (Å²) in [5.74, 6) is 4.87. The van der Waals surface area contributed by atoms with Crippen molar-refractivity contribution in [1.82, 2.24) is 9.99 Å². The number of hydrazine groups is 1. The number of aromatic nitrogens is 1. The standard InChI is InChI=1S/C13H15N3O/c1-9-5-6-10(2)12(8-9)16-7-3-4-11(16)13(17)15-14/h3-8H,14H2,1-2H3,(H,15,17). The first-order valence-corrected chi connectivity index (χ1v) is 5.39. The van der Waals surface area contributed by atoms with Gasteiger partial charge >= 0.3 is 0 Å². The number of rotatable bonds is 2. The van der Waals surface area contributed by atoms with Crippen LogP contribution in [0.1, 0.15) is 21.6 Å². The largest absolute Gasteiger partial charge is 0.312 e. The van der Waals surface area contributed by atoms with Gasteiger partial charge in [0.1, 0.15) is 5.69 Å². The molecule has 2 aromatic rings. The van der Waals surface area contributed by atoms with E-state index in [2.05, 4.69) is 5.43 Å². The van der Waals surface area contributed by atoms with Gasteiger partial charge in [0.2, 0.25) is 0 Å². The number of carbonyl (C=O) groups excluding carboxylic acids is 1. The Balaban J connectivity index is 2.57. The van der Waals surface area contributed by atoms with Crippen LogP contribution < -0.4 is 11.3 Å². The van der Waals surface area contributed by atoms with E-state index in [-0.39, 0.29) is 5.91 Å². The van der Waals surface area contributed by atoms with Crippen LogP contribution in [-0.2, 0) is 0 Å². The fraction of sp³-hybridized carbons (Fsp3) is 0.154. The van der Waals surface area contributed by atoms with E-state index >= 15 is 0 Å². The number of carbonyl (C=O) groups is 1. The van der Waals surface area contributed by atoms with Crippen LogP contribution in [0.3, 0.4) is 0 Å². The van der Waals surface area contributed by atoms with Crippen LogP contribution in [0.2, 0.25) is 0 Å². The average Bonchev–Trinajstić information content (AvgIpc) is 2.80. The normalized spacial score (nSPS) is 10.3. The van der Waals surface area contributed by atoms with Gasteiger partial charge in [0, 0.05) is 11.9 Å². The molecule has 17 heavy (non-hydrogen) atoms. The second kappa shape index (κ2) is 4.43. The molecule has 1 heterocycles. The molecule has 0 radical (unpaired) electrons. The molecule has 0 atom stereocenters. The lowest BCUT2D eigenvalue weighted by atomic mass is 10.1. The second-order valence-electron chi connectivity index (χ2n) is 4.03. The molecule has 0 saturated heterocycles. The fourth-order valence-electron chi connectivity index (χ4n) is 1.83. The summed E-state index contributed by atoms with van der Waals surface area (Å²) in [5.41, 5.74) is 5.94. The number of nitrogens with two attached hydrogens (primary N) is 1. The molecule has 0 aliphatic rings. The molecule has 0 saturated carbocycles. The summed E-state index contributed by atoms with van der Waals surface area (Å²) in [6.07, 6.45) is 1.85. The van der Waals surface area contributed by atoms with Crippen molar-refractivity contribution >= 4 is 5.91 Å². The van der Waals surface area contributed by atoms with E-state index in [1.165, 1.54) is 0 Å². The van der Waals surface area contributed by atoms with Gasteiger partial charge in [-0.25, -0.2) is 5.84 Å². The third kappa shape index (κ3) is 2.07. The molecule has 88 valence electrons. The summed E-state index contributed by atoms with van der Waals surface area (Å²) in [5, 5.41) is 0. The number of nitrogens with one attached hydrogen (secondary N) is 1. The summed E-state index contributed by atoms with van der Waals surface area (Å²) in [7, 11) is 0. The van der Waals surface area contributed by atoms with E-state index in [0.29, 0.717) is 5.69 Å². The van der Waals surface area contributed by atoms with E-state index < -0.39 is 0 Å². The molecule has 2 rings (SSSR count). The van der Waals surface area contributed by atoms with Crippen molar-refractivity contribution in [3.05, 3.63) is 53.3 Å². The highest BCUT2D eigenvalue weighted by Crippen LogP contribution is 2.18. The highest BCUT2D eigenvalue weighted by molar-refractivity contribution is 5.93. The Kier molecular flexibility index (Phi) is 2.97. The molecule has 0 spiro atoms. The van der Waals surface area contributed by atoms with Crippen LogP contribution in [-0.4, -0.2) is 10.5 Å². The lowest BCUT2D eigenvalue weighted by Gasteiger charge is -2.11. The smallest absolute Gasteiger partial charge is 0.282 e. The van der Waals surface area contributed by atoms with Crippen LogP contribution in [0.25, 0.3) is 5.69 Å². The van der Waals surface area contributed by atoms with Crippen LogP contribution in [0, 0.1) is 13.8 Å². The Morgan fingerprint density at radius 1 is 1.29 bits per heavy atom. The third-order valence-corrected chi connectivity index (χ3v) is 2.74. The third-order valence-electron chi connectivity index (χ3n) is 2.74. The van der Waals surface area contributed by atoms with Crippen molar-refractivity contribution in [2.45, 2.75) is 13.8 Å². The van der Waals surface area contributed by atoms with E-state index in [9.17, 15) is 4.79 Å². The van der Waals surface area contributed by atoms with Crippen molar-refractivity contribution in [3.8, 4) is 5.69 Å². The van der Waals surface area contributed by atoms with E-state index in [0.717, 1.165) is 16.8 Å². The van der Waals surface area contributed by atoms with Crippen LogP contribution >= 0.6 is 0 Å². The van der Waals surface area contributed by atoms with Gasteiger partial charge in [-0.1, -0.05) is 12.1 Å². The molecule has 4 heteroatoms. The van der Waals surface area contributed by atoms with Gasteiger partial charge in [-0.3, -0.25) is 10.2 Å². The van der Waals surface area contributed by atoms with E-state index in [4.69, 9.17) is 5.84 Å². The fourth-order valence-corrected chi connectivity index (χ4v) is 1.83. The minimum absolute atomic E-state index is 0.295. The average molecular weight is 229 g/mol. The molecule has 0 aliphatic carbocycles. The van der Waals surface area contributed by atoms with Gasteiger partial charge in [-0.05, 0) is 43.2 Å². The van der Waals surface area contributed by atoms with Gasteiger partial charge in [0.15, 0.2) is 0 Å². The zero-order valence-corrected chi connectivity index (χ0v) is 9.90. The molecule has 0 fully saturated rings. The monoisotopic (exact) mass is 229 g/mol. The lowest BCUT2D eigenvalue weighted by molar-refractivity contribution is 0.0947. The number of nitrogen functional groups attached to an aromatic ring is 1. The van der Waals surface area contributed by atoms with E-state index in [1.54, 1.807) is 6.07 Å². The first-order chi connectivity index (χ1) is 8.13. The van der Waals surface area contributed by atoms with Gasteiger partial charge in [0.05, 0.1) is 0 Å². The predicted molar refractivity (Wildman–Crippen MR) is 66.9 cm³/mol. The Morgan fingerprint density at radius 2 is 2.06 bits per heavy atom. The Morgan fingerprint density at radius 3 is 2.76 bits per heavy atom. The van der Waals surface area contributed by atoms with Crippen molar-refractivity contribution in [2.75, 3.05) is 0 Å². The quantitative estimate of drug-likeness (QED) is 0.468. The van der Waals surface area contributed by atoms with Crippen molar-refractivity contribution in [2.24, 2.45) is 5.84 Å². The molecular formula is C13H15N3O. The Bertz CT molecular complexity index is 558. The Hall–Kier alpha value is -2.07. The summed E-state index contributed by atoms with van der Waals surface area (Å²) >= 11 is 0. The number of hydrogen-bond donors (Lipinski definition) is 2. The van der Waals surface area contributed by atoms with Gasteiger partial charge < -0.3 is 4.57 Å². The van der Waals surface area contributed by atoms with Gasteiger partial charge in [-0.2, -0.15) is 0 Å². The Labute approximate surface area is 100 Å². The van der Waals surface area contributed by atoms with Gasteiger partial charge in [0.25, 0.3) is 5.91 Å². The molecule has 4 nitrogen and oxygen atoms in total. The minimum atomic E-state index is -0.295. The first kappa shape index (κ1) is 11.4. The van der Waals surface area contributed by atoms with E-state index in [1.807, 2.05) is 48.9 Å². The van der Waals surface area contributed by atoms with Crippen LogP contribution in [0.15, 0.2) is 36.5 Å². The number of nitrogens with zero attached hydrogens (tertiary/aromatic N) is 1. The highest BCUT2D eigenvalue weighted by atomic mass is 16.2. The maximum atomic E-state index is 11.6. The summed E-state index contributed by atoms with van der Waals surface area (Å²) < 4.78 is 1.84. The number of aryl methyl sites for hydroxylation is 2. The van der Waals surface area contributed by atoms with Crippen LogP contribution in [0.5, 0.6) is 0 Å². The number of amides is 1.